The fourth-order valence-corrected chi connectivity index (χ4v) is 6.87. The highest BCUT2D eigenvalue weighted by Gasteiger charge is 2.39. The Labute approximate surface area is 273 Å². The minimum absolute atomic E-state index is 0.0467. The quantitative estimate of drug-likeness (QED) is 0.228. The Morgan fingerprint density at radius 3 is 2.57 bits per heavy atom. The lowest BCUT2D eigenvalue weighted by molar-refractivity contribution is -0.128. The van der Waals surface area contributed by atoms with Crippen molar-refractivity contribution < 1.29 is 18.7 Å². The maximum absolute atomic E-state index is 16.9. The summed E-state index contributed by atoms with van der Waals surface area (Å²) in [6.07, 6.45) is 10.2. The first-order chi connectivity index (χ1) is 22.3. The summed E-state index contributed by atoms with van der Waals surface area (Å²) in [4.78, 5) is 35.0. The van der Waals surface area contributed by atoms with Gasteiger partial charge in [-0.1, -0.05) is 32.4 Å². The summed E-state index contributed by atoms with van der Waals surface area (Å²) in [6, 6.07) is 5.62. The van der Waals surface area contributed by atoms with E-state index in [2.05, 4.69) is 41.1 Å². The van der Waals surface area contributed by atoms with Crippen LogP contribution in [0.25, 0.3) is 32.9 Å². The molecule has 47 heavy (non-hydrogen) atoms. The molecule has 9 nitrogen and oxygen atoms in total. The number of carbonyl (C=O) groups is 1. The first-order valence-electron chi connectivity index (χ1n) is 15.7. The van der Waals surface area contributed by atoms with Crippen molar-refractivity contribution in [3.05, 3.63) is 60.3 Å². The van der Waals surface area contributed by atoms with E-state index in [4.69, 9.17) is 16.4 Å². The third-order valence-electron chi connectivity index (χ3n) is 9.81. The van der Waals surface area contributed by atoms with Crippen LogP contribution >= 0.6 is 0 Å². The Bertz CT molecular complexity index is 1950. The van der Waals surface area contributed by atoms with Gasteiger partial charge in [-0.15, -0.1) is 6.42 Å². The van der Waals surface area contributed by atoms with Crippen LogP contribution in [0.2, 0.25) is 0 Å². The van der Waals surface area contributed by atoms with E-state index in [1.54, 1.807) is 11.9 Å². The van der Waals surface area contributed by atoms with Gasteiger partial charge in [0.2, 0.25) is 11.9 Å². The zero-order valence-electron chi connectivity index (χ0n) is 27.4. The summed E-state index contributed by atoms with van der Waals surface area (Å²) in [5.74, 6) is 1.61. The largest absolute Gasteiger partial charge is 0.508 e. The van der Waals surface area contributed by atoms with Crippen molar-refractivity contribution in [2.24, 2.45) is 5.41 Å². The second kappa shape index (κ2) is 12.1. The average Bonchev–Trinajstić information content (AvgIpc) is 3.16. The van der Waals surface area contributed by atoms with Crippen molar-refractivity contribution in [2.45, 2.75) is 38.8 Å². The smallest absolute Gasteiger partial charge is 0.246 e. The van der Waals surface area contributed by atoms with Crippen molar-refractivity contribution in [1.82, 2.24) is 24.8 Å². The molecule has 1 amide bonds. The zero-order valence-corrected chi connectivity index (χ0v) is 27.4. The molecule has 4 aromatic rings. The molecule has 0 aliphatic carbocycles. The van der Waals surface area contributed by atoms with Crippen LogP contribution in [0.15, 0.2) is 43.1 Å². The number of terminal acetylenes is 1. The number of carbonyl (C=O) groups excluding carboxylic acids is 1. The molecular formula is C36H39F2N7O2. The highest BCUT2D eigenvalue weighted by molar-refractivity contribution is 6.03. The summed E-state index contributed by atoms with van der Waals surface area (Å²) in [7, 11) is 5.81. The van der Waals surface area contributed by atoms with Crippen LogP contribution in [-0.4, -0.2) is 95.2 Å². The minimum Gasteiger partial charge on any atom is -0.508 e. The molecule has 0 radical (unpaired) electrons. The fourth-order valence-electron chi connectivity index (χ4n) is 6.87. The normalized spacial score (nSPS) is 18.2. The van der Waals surface area contributed by atoms with Crippen molar-refractivity contribution in [2.75, 3.05) is 57.1 Å². The van der Waals surface area contributed by atoms with Crippen molar-refractivity contribution in [3.8, 4) is 29.4 Å². The number of aromatic nitrogens is 3. The molecule has 2 fully saturated rings. The molecule has 0 saturated carbocycles. The van der Waals surface area contributed by atoms with Gasteiger partial charge in [-0.05, 0) is 62.0 Å². The number of phenols is 1. The van der Waals surface area contributed by atoms with E-state index in [-0.39, 0.29) is 50.8 Å². The molecule has 2 aliphatic heterocycles. The number of pyridine rings is 1. The molecule has 0 spiro atoms. The van der Waals surface area contributed by atoms with Crippen molar-refractivity contribution in [1.29, 1.82) is 0 Å². The molecule has 6 rings (SSSR count). The number of halogens is 2. The van der Waals surface area contributed by atoms with Gasteiger partial charge in [0, 0.05) is 56.4 Å². The molecule has 1 unspecified atom stereocenters. The molecular weight excluding hydrogens is 600 g/mol. The Hall–Kier alpha value is -4.82. The maximum Gasteiger partial charge on any atom is 0.246 e. The predicted molar refractivity (Wildman–Crippen MR) is 181 cm³/mol. The van der Waals surface area contributed by atoms with Crippen LogP contribution < -0.4 is 9.80 Å². The number of benzene rings is 2. The van der Waals surface area contributed by atoms with Crippen LogP contribution in [0.5, 0.6) is 5.75 Å². The molecule has 11 heteroatoms. The number of amides is 1. The van der Waals surface area contributed by atoms with Gasteiger partial charge in [0.1, 0.15) is 28.6 Å². The Kier molecular flexibility index (Phi) is 8.26. The number of aromatic hydroxyl groups is 1. The lowest BCUT2D eigenvalue weighted by Crippen LogP contribution is -2.58. The third kappa shape index (κ3) is 5.61. The van der Waals surface area contributed by atoms with Gasteiger partial charge in [0.15, 0.2) is 5.82 Å². The summed E-state index contributed by atoms with van der Waals surface area (Å²) in [6.45, 7) is 10.4. The summed E-state index contributed by atoms with van der Waals surface area (Å²) in [5.41, 5.74) is -0.159. The number of fused-ring (bicyclic) bond motifs is 2. The lowest BCUT2D eigenvalue weighted by Gasteiger charge is -2.43. The summed E-state index contributed by atoms with van der Waals surface area (Å²) >= 11 is 0. The molecule has 4 heterocycles. The Morgan fingerprint density at radius 2 is 1.89 bits per heavy atom. The number of likely N-dealkylation sites (N-methyl/N-ethyl adjacent to an activating group) is 2. The molecule has 1 atom stereocenters. The van der Waals surface area contributed by atoms with Gasteiger partial charge in [0.05, 0.1) is 17.0 Å². The van der Waals surface area contributed by atoms with Crippen LogP contribution in [-0.2, 0) is 4.79 Å². The lowest BCUT2D eigenvalue weighted by atomic mass is 9.80. The topological polar surface area (TPSA) is 88.9 Å². The van der Waals surface area contributed by atoms with Gasteiger partial charge < -0.3 is 24.7 Å². The van der Waals surface area contributed by atoms with Crippen molar-refractivity contribution in [3.63, 3.8) is 0 Å². The first-order valence-corrected chi connectivity index (χ1v) is 15.7. The third-order valence-corrected chi connectivity index (χ3v) is 9.81. The predicted octanol–water partition coefficient (Wildman–Crippen LogP) is 5.20. The van der Waals surface area contributed by atoms with E-state index in [0.29, 0.717) is 54.8 Å². The van der Waals surface area contributed by atoms with Crippen molar-refractivity contribution >= 4 is 39.3 Å². The highest BCUT2D eigenvalue weighted by atomic mass is 19.1. The van der Waals surface area contributed by atoms with Gasteiger partial charge in [-0.3, -0.25) is 9.78 Å². The number of anilines is 2. The molecule has 2 saturated heterocycles. The van der Waals surface area contributed by atoms with E-state index < -0.39 is 11.6 Å². The number of phenolic OH excluding ortho intramolecular Hbond substituents is 1. The van der Waals surface area contributed by atoms with Gasteiger partial charge in [-0.2, -0.15) is 4.98 Å². The standard InChI is InChI=1S/C36H39F2N7O2/c1-8-24-27(37)12-11-21-15-23(46)16-25(30(21)24)32-31(38)33-26(17-39-32)34(41-35(40-33)45-18-22(19-45)42(5)6)44-14-10-13-36(3,4)28(20-44)43(7)29(47)9-2/h1,9,11-12,15-17,22,28,46H,2,10,13-14,18-20H2,3-7H3. The number of hydrogen-bond donors (Lipinski definition) is 1. The minimum atomic E-state index is -0.734. The number of hydrogen-bond acceptors (Lipinski definition) is 8. The first kappa shape index (κ1) is 32.1. The molecule has 244 valence electrons. The monoisotopic (exact) mass is 639 g/mol. The van der Waals surface area contributed by atoms with Crippen LogP contribution in [0.1, 0.15) is 32.3 Å². The van der Waals surface area contributed by atoms with Crippen LogP contribution in [0.3, 0.4) is 0 Å². The highest BCUT2D eigenvalue weighted by Crippen LogP contribution is 2.41. The molecule has 1 N–H and O–H groups in total. The van der Waals surface area contributed by atoms with Gasteiger partial charge in [0.25, 0.3) is 0 Å². The summed E-state index contributed by atoms with van der Waals surface area (Å²) in [5, 5.41) is 11.7. The van der Waals surface area contributed by atoms with Crippen LogP contribution in [0.4, 0.5) is 20.5 Å². The van der Waals surface area contributed by atoms with E-state index in [9.17, 15) is 14.3 Å². The molecule has 0 bridgehead atoms. The molecule has 2 aromatic carbocycles. The van der Waals surface area contributed by atoms with Gasteiger partial charge in [-0.25, -0.2) is 13.8 Å². The number of rotatable bonds is 6. The van der Waals surface area contributed by atoms with E-state index >= 15 is 4.39 Å². The summed E-state index contributed by atoms with van der Waals surface area (Å²) < 4.78 is 31.8. The van der Waals surface area contributed by atoms with E-state index in [0.717, 1.165) is 12.8 Å². The van der Waals surface area contributed by atoms with Crippen LogP contribution in [0, 0.1) is 29.4 Å². The second-order valence-electron chi connectivity index (χ2n) is 13.4. The second-order valence-corrected chi connectivity index (χ2v) is 13.4. The van der Waals surface area contributed by atoms with E-state index in [1.807, 2.05) is 19.0 Å². The zero-order chi connectivity index (χ0) is 33.8. The Balaban J connectivity index is 1.55. The molecule has 2 aliphatic rings. The SMILES string of the molecule is C#Cc1c(F)ccc2cc(O)cc(-c3ncc4c(N5CCCC(C)(C)C(N(C)C(=O)C=C)C5)nc(N5CC(N(C)C)C5)nc4c3F)c12. The van der Waals surface area contributed by atoms with E-state index in [1.165, 1.54) is 36.5 Å². The maximum atomic E-state index is 16.9. The molecule has 2 aromatic heterocycles. The average molecular weight is 640 g/mol. The Morgan fingerprint density at radius 1 is 1.15 bits per heavy atom. The fraction of sp³-hybridized carbons (Fsp3) is 0.389. The number of nitrogens with zero attached hydrogens (tertiary/aromatic N) is 7. The van der Waals surface area contributed by atoms with Gasteiger partial charge >= 0.3 is 0 Å².